The van der Waals surface area contributed by atoms with Crippen LogP contribution in [0.5, 0.6) is 0 Å². The first-order valence-corrected chi connectivity index (χ1v) is 4.96. The summed E-state index contributed by atoms with van der Waals surface area (Å²) in [7, 11) is 0. The van der Waals surface area contributed by atoms with Crippen LogP contribution in [0, 0.1) is 0 Å². The summed E-state index contributed by atoms with van der Waals surface area (Å²) in [6, 6.07) is 2.07. The molecule has 0 saturated heterocycles. The monoisotopic (exact) mass is 190 g/mol. The summed E-state index contributed by atoms with van der Waals surface area (Å²) in [6.45, 7) is 7.01. The van der Waals surface area contributed by atoms with E-state index in [9.17, 15) is 0 Å². The Bertz CT molecular complexity index is 327. The van der Waals surface area contributed by atoms with Crippen molar-refractivity contribution in [2.45, 2.75) is 26.7 Å². The summed E-state index contributed by atoms with van der Waals surface area (Å²) < 4.78 is 0. The third-order valence-corrected chi connectivity index (χ3v) is 2.23. The maximum atomic E-state index is 5.56. The molecule has 0 aliphatic carbocycles. The van der Waals surface area contributed by atoms with Gasteiger partial charge in [0.15, 0.2) is 0 Å². The van der Waals surface area contributed by atoms with Gasteiger partial charge in [0.25, 0.3) is 0 Å². The molecule has 2 heteroatoms. The minimum atomic E-state index is 0.523. The van der Waals surface area contributed by atoms with Crippen LogP contribution in [0.1, 0.15) is 37.8 Å². The lowest BCUT2D eigenvalue weighted by atomic mass is 9.98. The van der Waals surface area contributed by atoms with E-state index in [1.165, 1.54) is 16.7 Å². The van der Waals surface area contributed by atoms with E-state index in [1.54, 1.807) is 0 Å². The van der Waals surface area contributed by atoms with Crippen LogP contribution in [0.15, 0.2) is 24.0 Å². The molecular formula is C12H18N2. The molecule has 0 aromatic carbocycles. The Hall–Kier alpha value is -1.15. The predicted octanol–water partition coefficient (Wildman–Crippen LogP) is 2.57. The molecule has 1 aromatic rings. The second kappa shape index (κ2) is 4.91. The Kier molecular flexibility index (Phi) is 3.84. The van der Waals surface area contributed by atoms with Crippen LogP contribution in [0.25, 0.3) is 6.08 Å². The van der Waals surface area contributed by atoms with Crippen LogP contribution in [0.4, 0.5) is 0 Å². The van der Waals surface area contributed by atoms with Gasteiger partial charge in [-0.25, -0.2) is 0 Å². The zero-order valence-corrected chi connectivity index (χ0v) is 9.12. The smallest absolute Gasteiger partial charge is 0.0343 e. The molecule has 0 atom stereocenters. The largest absolute Gasteiger partial charge is 0.327 e. The first kappa shape index (κ1) is 10.9. The third-order valence-electron chi connectivity index (χ3n) is 2.23. The van der Waals surface area contributed by atoms with Gasteiger partial charge in [0, 0.05) is 18.9 Å². The van der Waals surface area contributed by atoms with Crippen molar-refractivity contribution in [3.05, 3.63) is 35.2 Å². The molecular weight excluding hydrogens is 172 g/mol. The predicted molar refractivity (Wildman–Crippen MR) is 61.0 cm³/mol. The van der Waals surface area contributed by atoms with E-state index < -0.39 is 0 Å². The molecule has 0 radical (unpaired) electrons. The Balaban J connectivity index is 3.07. The number of hydrogen-bond donors (Lipinski definition) is 1. The highest BCUT2D eigenvalue weighted by Crippen LogP contribution is 2.20. The van der Waals surface area contributed by atoms with Crippen LogP contribution < -0.4 is 5.73 Å². The number of hydrogen-bond acceptors (Lipinski definition) is 2. The first-order chi connectivity index (χ1) is 6.65. The van der Waals surface area contributed by atoms with E-state index in [4.69, 9.17) is 5.73 Å². The standard InChI is InChI=1S/C12H18N2/c1-9(2)12-4-5-14-8-11(12)6-10(3)7-13/h4-6,8-9H,7,13H2,1-3H3/b10-6+. The maximum absolute atomic E-state index is 5.56. The molecule has 2 N–H and O–H groups in total. The lowest BCUT2D eigenvalue weighted by Gasteiger charge is -2.09. The van der Waals surface area contributed by atoms with E-state index in [0.29, 0.717) is 12.5 Å². The molecule has 0 unspecified atom stereocenters. The molecule has 0 fully saturated rings. The fourth-order valence-corrected chi connectivity index (χ4v) is 1.39. The van der Waals surface area contributed by atoms with E-state index in [1.807, 2.05) is 19.3 Å². The summed E-state index contributed by atoms with van der Waals surface area (Å²) in [5, 5.41) is 0. The summed E-state index contributed by atoms with van der Waals surface area (Å²) in [5.74, 6) is 0.523. The summed E-state index contributed by atoms with van der Waals surface area (Å²) in [6.07, 6.45) is 5.85. The zero-order chi connectivity index (χ0) is 10.6. The van der Waals surface area contributed by atoms with Gasteiger partial charge < -0.3 is 5.73 Å². The van der Waals surface area contributed by atoms with Gasteiger partial charge in [-0.1, -0.05) is 25.5 Å². The molecule has 76 valence electrons. The van der Waals surface area contributed by atoms with Crippen LogP contribution in [0.3, 0.4) is 0 Å². The fraction of sp³-hybridized carbons (Fsp3) is 0.417. The van der Waals surface area contributed by atoms with E-state index in [0.717, 1.165) is 0 Å². The van der Waals surface area contributed by atoms with Gasteiger partial charge >= 0.3 is 0 Å². The molecule has 0 aliphatic heterocycles. The Morgan fingerprint density at radius 2 is 2.29 bits per heavy atom. The topological polar surface area (TPSA) is 38.9 Å². The van der Waals surface area contributed by atoms with Crippen LogP contribution in [-0.4, -0.2) is 11.5 Å². The minimum Gasteiger partial charge on any atom is -0.327 e. The average Bonchev–Trinajstić information content (AvgIpc) is 2.18. The van der Waals surface area contributed by atoms with Crippen LogP contribution in [0.2, 0.25) is 0 Å². The number of nitrogens with two attached hydrogens (primary N) is 1. The Labute approximate surface area is 85.9 Å². The number of nitrogens with zero attached hydrogens (tertiary/aromatic N) is 1. The van der Waals surface area contributed by atoms with Crippen LogP contribution >= 0.6 is 0 Å². The summed E-state index contributed by atoms with van der Waals surface area (Å²) >= 11 is 0. The van der Waals surface area contributed by atoms with Crippen molar-refractivity contribution in [2.75, 3.05) is 6.54 Å². The van der Waals surface area contributed by atoms with Gasteiger partial charge in [0.2, 0.25) is 0 Å². The molecule has 0 spiro atoms. The molecule has 0 bridgehead atoms. The van der Waals surface area contributed by atoms with Gasteiger partial charge in [-0.3, -0.25) is 4.98 Å². The van der Waals surface area contributed by atoms with Crippen molar-refractivity contribution in [3.8, 4) is 0 Å². The molecule has 0 saturated carbocycles. The van der Waals surface area contributed by atoms with Crippen LogP contribution in [-0.2, 0) is 0 Å². The molecule has 14 heavy (non-hydrogen) atoms. The van der Waals surface area contributed by atoms with Crippen molar-refractivity contribution in [3.63, 3.8) is 0 Å². The zero-order valence-electron chi connectivity index (χ0n) is 9.12. The van der Waals surface area contributed by atoms with Gasteiger partial charge in [-0.15, -0.1) is 0 Å². The second-order valence-corrected chi connectivity index (χ2v) is 3.85. The number of rotatable bonds is 3. The molecule has 1 heterocycles. The average molecular weight is 190 g/mol. The molecule has 1 aromatic heterocycles. The lowest BCUT2D eigenvalue weighted by molar-refractivity contribution is 0.859. The SMILES string of the molecule is C/C(=C\c1cnccc1C(C)C)CN. The molecule has 0 amide bonds. The quantitative estimate of drug-likeness (QED) is 0.795. The Morgan fingerprint density at radius 3 is 2.86 bits per heavy atom. The van der Waals surface area contributed by atoms with Gasteiger partial charge in [-0.05, 0) is 30.0 Å². The van der Waals surface area contributed by atoms with Crippen molar-refractivity contribution >= 4 is 6.08 Å². The van der Waals surface area contributed by atoms with E-state index in [-0.39, 0.29) is 0 Å². The van der Waals surface area contributed by atoms with Crippen molar-refractivity contribution < 1.29 is 0 Å². The van der Waals surface area contributed by atoms with Gasteiger partial charge in [-0.2, -0.15) is 0 Å². The highest BCUT2D eigenvalue weighted by Gasteiger charge is 2.03. The molecule has 1 rings (SSSR count). The van der Waals surface area contributed by atoms with Gasteiger partial charge in [0.1, 0.15) is 0 Å². The van der Waals surface area contributed by atoms with Crippen molar-refractivity contribution in [2.24, 2.45) is 5.73 Å². The second-order valence-electron chi connectivity index (χ2n) is 3.85. The number of aromatic nitrogens is 1. The van der Waals surface area contributed by atoms with Crippen molar-refractivity contribution in [1.82, 2.24) is 4.98 Å². The van der Waals surface area contributed by atoms with E-state index in [2.05, 4.69) is 31.0 Å². The fourth-order valence-electron chi connectivity index (χ4n) is 1.39. The van der Waals surface area contributed by atoms with E-state index >= 15 is 0 Å². The van der Waals surface area contributed by atoms with Gasteiger partial charge in [0.05, 0.1) is 0 Å². The molecule has 0 aliphatic rings. The lowest BCUT2D eigenvalue weighted by Crippen LogP contribution is -2.00. The molecule has 2 nitrogen and oxygen atoms in total. The van der Waals surface area contributed by atoms with Crippen molar-refractivity contribution in [1.29, 1.82) is 0 Å². The minimum absolute atomic E-state index is 0.523. The highest BCUT2D eigenvalue weighted by atomic mass is 14.6. The first-order valence-electron chi connectivity index (χ1n) is 4.96. The third kappa shape index (κ3) is 2.67. The number of pyridine rings is 1. The summed E-state index contributed by atoms with van der Waals surface area (Å²) in [4.78, 5) is 4.13. The highest BCUT2D eigenvalue weighted by molar-refractivity contribution is 5.56. The Morgan fingerprint density at radius 1 is 1.57 bits per heavy atom. The summed E-state index contributed by atoms with van der Waals surface area (Å²) in [5.41, 5.74) is 9.25. The normalized spacial score (nSPS) is 12.2. The maximum Gasteiger partial charge on any atom is 0.0343 e.